The lowest BCUT2D eigenvalue weighted by Gasteiger charge is -2.15. The van der Waals surface area contributed by atoms with Crippen molar-refractivity contribution in [2.45, 2.75) is 6.61 Å². The Morgan fingerprint density at radius 1 is 0.950 bits per heavy atom. The highest BCUT2D eigenvalue weighted by Crippen LogP contribution is 2.36. The van der Waals surface area contributed by atoms with Crippen LogP contribution < -0.4 is 14.2 Å². The monoisotopic (exact) mass is 272 g/mol. The Labute approximate surface area is 117 Å². The quantitative estimate of drug-likeness (QED) is 0.758. The molecule has 0 aliphatic carbocycles. The molecule has 0 spiro atoms. The molecule has 2 aromatic carbocycles. The number of rotatable bonds is 6. The first kappa shape index (κ1) is 13.9. The van der Waals surface area contributed by atoms with Crippen molar-refractivity contribution >= 4 is 6.29 Å². The van der Waals surface area contributed by atoms with E-state index in [1.807, 2.05) is 30.3 Å². The molecule has 0 radical (unpaired) electrons. The molecule has 2 rings (SSSR count). The van der Waals surface area contributed by atoms with Gasteiger partial charge in [-0.2, -0.15) is 0 Å². The van der Waals surface area contributed by atoms with Crippen LogP contribution in [0.15, 0.2) is 42.5 Å². The smallest absolute Gasteiger partial charge is 0.175 e. The Balaban J connectivity index is 2.31. The summed E-state index contributed by atoms with van der Waals surface area (Å²) in [6.45, 7) is 0.352. The Morgan fingerprint density at radius 3 is 2.20 bits per heavy atom. The van der Waals surface area contributed by atoms with Crippen molar-refractivity contribution in [2.75, 3.05) is 14.2 Å². The summed E-state index contributed by atoms with van der Waals surface area (Å²) < 4.78 is 16.1. The molecule has 20 heavy (non-hydrogen) atoms. The fourth-order valence-electron chi connectivity index (χ4n) is 1.89. The second-order valence-corrected chi connectivity index (χ2v) is 4.11. The molecule has 4 heteroatoms. The predicted molar refractivity (Wildman–Crippen MR) is 75.7 cm³/mol. The van der Waals surface area contributed by atoms with E-state index in [0.29, 0.717) is 35.7 Å². The zero-order valence-electron chi connectivity index (χ0n) is 11.5. The summed E-state index contributed by atoms with van der Waals surface area (Å²) in [6.07, 6.45) is 0.710. The topological polar surface area (TPSA) is 44.8 Å². The number of hydrogen-bond acceptors (Lipinski definition) is 4. The lowest BCUT2D eigenvalue weighted by molar-refractivity contribution is 0.111. The SMILES string of the molecule is COc1ccc(OC)c(OCc2ccccc2)c1C=O. The number of carbonyl (C=O) groups is 1. The lowest BCUT2D eigenvalue weighted by Crippen LogP contribution is -2.02. The summed E-state index contributed by atoms with van der Waals surface area (Å²) in [5.41, 5.74) is 1.36. The standard InChI is InChI=1S/C16H16O4/c1-18-14-8-9-15(19-2)16(13(14)10-17)20-11-12-6-4-3-5-7-12/h3-10H,11H2,1-2H3. The molecule has 104 valence electrons. The highest BCUT2D eigenvalue weighted by Gasteiger charge is 2.16. The fraction of sp³-hybridized carbons (Fsp3) is 0.188. The van der Waals surface area contributed by atoms with Crippen LogP contribution in [-0.4, -0.2) is 20.5 Å². The lowest BCUT2D eigenvalue weighted by atomic mass is 10.1. The van der Waals surface area contributed by atoms with Gasteiger partial charge in [-0.3, -0.25) is 4.79 Å². The maximum Gasteiger partial charge on any atom is 0.175 e. The van der Waals surface area contributed by atoms with Gasteiger partial charge in [0.15, 0.2) is 17.8 Å². The van der Waals surface area contributed by atoms with Crippen LogP contribution in [0.5, 0.6) is 17.2 Å². The minimum absolute atomic E-state index is 0.350. The number of aldehydes is 1. The van der Waals surface area contributed by atoms with E-state index in [4.69, 9.17) is 14.2 Å². The molecule has 0 N–H and O–H groups in total. The average molecular weight is 272 g/mol. The first-order valence-corrected chi connectivity index (χ1v) is 6.17. The number of ether oxygens (including phenoxy) is 3. The third-order valence-electron chi connectivity index (χ3n) is 2.90. The highest BCUT2D eigenvalue weighted by atomic mass is 16.5. The van der Waals surface area contributed by atoms with Gasteiger partial charge in [-0.25, -0.2) is 0 Å². The van der Waals surface area contributed by atoms with Crippen LogP contribution >= 0.6 is 0 Å². The van der Waals surface area contributed by atoms with Crippen LogP contribution in [0, 0.1) is 0 Å². The van der Waals surface area contributed by atoms with Crippen molar-refractivity contribution in [2.24, 2.45) is 0 Å². The van der Waals surface area contributed by atoms with Crippen molar-refractivity contribution in [3.63, 3.8) is 0 Å². The van der Waals surface area contributed by atoms with Crippen molar-refractivity contribution in [1.82, 2.24) is 0 Å². The third kappa shape index (κ3) is 2.91. The van der Waals surface area contributed by atoms with Crippen molar-refractivity contribution in [3.05, 3.63) is 53.6 Å². The molecule has 0 aliphatic heterocycles. The third-order valence-corrected chi connectivity index (χ3v) is 2.90. The van der Waals surface area contributed by atoms with Crippen molar-refractivity contribution in [3.8, 4) is 17.2 Å². The number of hydrogen-bond donors (Lipinski definition) is 0. The van der Waals surface area contributed by atoms with Crippen LogP contribution in [0.25, 0.3) is 0 Å². The van der Waals surface area contributed by atoms with Crippen LogP contribution in [0.2, 0.25) is 0 Å². The molecule has 0 fully saturated rings. The van der Waals surface area contributed by atoms with Gasteiger partial charge in [0.25, 0.3) is 0 Å². The van der Waals surface area contributed by atoms with E-state index >= 15 is 0 Å². The molecule has 0 heterocycles. The zero-order valence-corrected chi connectivity index (χ0v) is 11.5. The molecule has 0 saturated carbocycles. The summed E-state index contributed by atoms with van der Waals surface area (Å²) in [4.78, 5) is 11.3. The van der Waals surface area contributed by atoms with Crippen LogP contribution in [0.1, 0.15) is 15.9 Å². The maximum absolute atomic E-state index is 11.3. The summed E-state index contributed by atoms with van der Waals surface area (Å²) in [5.74, 6) is 1.36. The summed E-state index contributed by atoms with van der Waals surface area (Å²) >= 11 is 0. The molecule has 0 amide bonds. The minimum Gasteiger partial charge on any atom is -0.496 e. The van der Waals surface area contributed by atoms with Gasteiger partial charge in [-0.1, -0.05) is 30.3 Å². The molecule has 0 atom stereocenters. The molecule has 0 saturated heterocycles. The van der Waals surface area contributed by atoms with E-state index in [0.717, 1.165) is 5.56 Å². The van der Waals surface area contributed by atoms with Crippen LogP contribution in [-0.2, 0) is 6.61 Å². The van der Waals surface area contributed by atoms with Gasteiger partial charge in [0.05, 0.1) is 14.2 Å². The first-order valence-electron chi connectivity index (χ1n) is 6.17. The predicted octanol–water partition coefficient (Wildman–Crippen LogP) is 3.10. The average Bonchev–Trinajstić information content (AvgIpc) is 2.52. The number of carbonyl (C=O) groups excluding carboxylic acids is 1. The second-order valence-electron chi connectivity index (χ2n) is 4.11. The van der Waals surface area contributed by atoms with E-state index in [-0.39, 0.29) is 0 Å². The normalized spacial score (nSPS) is 9.90. The molecule has 0 aromatic heterocycles. The molecular weight excluding hydrogens is 256 g/mol. The van der Waals surface area contributed by atoms with Gasteiger partial charge >= 0.3 is 0 Å². The molecule has 0 aliphatic rings. The molecule has 4 nitrogen and oxygen atoms in total. The number of methoxy groups -OCH3 is 2. The van der Waals surface area contributed by atoms with E-state index in [9.17, 15) is 4.79 Å². The largest absolute Gasteiger partial charge is 0.496 e. The van der Waals surface area contributed by atoms with E-state index in [1.54, 1.807) is 12.1 Å². The molecule has 0 bridgehead atoms. The Bertz CT molecular complexity index is 579. The van der Waals surface area contributed by atoms with Gasteiger partial charge in [-0.15, -0.1) is 0 Å². The highest BCUT2D eigenvalue weighted by molar-refractivity contribution is 5.85. The fourth-order valence-corrected chi connectivity index (χ4v) is 1.89. The molecular formula is C16H16O4. The van der Waals surface area contributed by atoms with E-state index in [2.05, 4.69) is 0 Å². The zero-order chi connectivity index (χ0) is 14.4. The van der Waals surface area contributed by atoms with Gasteiger partial charge in [0.1, 0.15) is 17.9 Å². The molecule has 0 unspecified atom stereocenters. The van der Waals surface area contributed by atoms with E-state index < -0.39 is 0 Å². The summed E-state index contributed by atoms with van der Waals surface area (Å²) in [5, 5.41) is 0. The van der Waals surface area contributed by atoms with Crippen LogP contribution in [0.4, 0.5) is 0 Å². The van der Waals surface area contributed by atoms with Gasteiger partial charge < -0.3 is 14.2 Å². The van der Waals surface area contributed by atoms with Crippen molar-refractivity contribution < 1.29 is 19.0 Å². The van der Waals surface area contributed by atoms with Crippen LogP contribution in [0.3, 0.4) is 0 Å². The Morgan fingerprint density at radius 2 is 1.60 bits per heavy atom. The van der Waals surface area contributed by atoms with E-state index in [1.165, 1.54) is 14.2 Å². The summed E-state index contributed by atoms with van der Waals surface area (Å²) in [7, 11) is 3.04. The Kier molecular flexibility index (Phi) is 4.60. The first-order chi connectivity index (χ1) is 9.80. The number of benzene rings is 2. The Hall–Kier alpha value is -2.49. The second kappa shape index (κ2) is 6.61. The van der Waals surface area contributed by atoms with Gasteiger partial charge in [0, 0.05) is 0 Å². The van der Waals surface area contributed by atoms with Gasteiger partial charge in [-0.05, 0) is 17.7 Å². The maximum atomic E-state index is 11.3. The van der Waals surface area contributed by atoms with Gasteiger partial charge in [0.2, 0.25) is 0 Å². The van der Waals surface area contributed by atoms with Crippen molar-refractivity contribution in [1.29, 1.82) is 0 Å². The molecule has 2 aromatic rings. The minimum atomic E-state index is 0.350. The summed E-state index contributed by atoms with van der Waals surface area (Å²) in [6, 6.07) is 13.1.